The summed E-state index contributed by atoms with van der Waals surface area (Å²) in [6.07, 6.45) is 0. The predicted molar refractivity (Wildman–Crippen MR) is 241 cm³/mol. The van der Waals surface area contributed by atoms with Crippen molar-refractivity contribution < 1.29 is 13.3 Å². The quantitative estimate of drug-likeness (QED) is 0.177. The molecule has 60 heavy (non-hydrogen) atoms. The van der Waals surface area contributed by atoms with E-state index in [9.17, 15) is 0 Å². The van der Waals surface area contributed by atoms with Gasteiger partial charge in [0.2, 0.25) is 0 Å². The summed E-state index contributed by atoms with van der Waals surface area (Å²) in [7, 11) is 0. The number of fused-ring (bicyclic) bond motifs is 12. The van der Waals surface area contributed by atoms with Crippen LogP contribution in [0.4, 0.5) is 0 Å². The summed E-state index contributed by atoms with van der Waals surface area (Å²) in [5, 5.41) is 6.02. The van der Waals surface area contributed by atoms with Crippen molar-refractivity contribution in [2.75, 3.05) is 0 Å². The number of rotatable bonds is 4. The Morgan fingerprint density at radius 2 is 0.867 bits per heavy atom. The maximum atomic E-state index is 6.59. The fourth-order valence-corrected chi connectivity index (χ4v) is 9.75. The van der Waals surface area contributed by atoms with Crippen LogP contribution < -0.4 is 0 Å². The van der Waals surface area contributed by atoms with Gasteiger partial charge >= 0.3 is 0 Å². The van der Waals surface area contributed by atoms with Crippen molar-refractivity contribution in [1.82, 2.24) is 15.0 Å². The first-order chi connectivity index (χ1) is 29.5. The molecule has 12 aromatic rings. The zero-order valence-corrected chi connectivity index (χ0v) is 32.7. The van der Waals surface area contributed by atoms with Gasteiger partial charge in [-0.3, -0.25) is 0 Å². The largest absolute Gasteiger partial charge is 0.456 e. The molecule has 6 nitrogen and oxygen atoms in total. The predicted octanol–water partition coefficient (Wildman–Crippen LogP) is 14.5. The zero-order chi connectivity index (χ0) is 39.7. The fourth-order valence-electron chi connectivity index (χ4n) is 9.75. The van der Waals surface area contributed by atoms with Gasteiger partial charge in [0.05, 0.1) is 0 Å². The van der Waals surface area contributed by atoms with Crippen LogP contribution in [-0.4, -0.2) is 15.0 Å². The molecule has 0 bridgehead atoms. The summed E-state index contributed by atoms with van der Waals surface area (Å²) in [4.78, 5) is 15.8. The first-order valence-corrected chi connectivity index (χ1v) is 20.3. The van der Waals surface area contributed by atoms with Gasteiger partial charge in [0.1, 0.15) is 33.5 Å². The lowest BCUT2D eigenvalue weighted by molar-refractivity contribution is 0.660. The lowest BCUT2D eigenvalue weighted by Gasteiger charge is -2.21. The number of benzene rings is 8. The monoisotopic (exact) mass is 771 g/mol. The average Bonchev–Trinajstić information content (AvgIpc) is 4.04. The van der Waals surface area contributed by atoms with Crippen LogP contribution in [-0.2, 0) is 5.41 Å². The van der Waals surface area contributed by atoms with Gasteiger partial charge in [0, 0.05) is 54.4 Å². The molecule has 0 N–H and O–H groups in total. The van der Waals surface area contributed by atoms with Gasteiger partial charge < -0.3 is 13.3 Å². The second-order valence-corrected chi connectivity index (χ2v) is 16.3. The third-order valence-corrected chi connectivity index (χ3v) is 12.6. The van der Waals surface area contributed by atoms with Gasteiger partial charge in [-0.05, 0) is 81.9 Å². The van der Waals surface area contributed by atoms with E-state index in [0.29, 0.717) is 17.5 Å². The van der Waals surface area contributed by atoms with Crippen molar-refractivity contribution in [3.8, 4) is 56.4 Å². The second-order valence-electron chi connectivity index (χ2n) is 16.3. The molecule has 282 valence electrons. The van der Waals surface area contributed by atoms with E-state index in [0.717, 1.165) is 88.1 Å². The molecule has 0 radical (unpaired) electrons. The Labute approximate surface area is 343 Å². The molecule has 4 aromatic heterocycles. The van der Waals surface area contributed by atoms with Crippen molar-refractivity contribution in [3.63, 3.8) is 0 Å². The van der Waals surface area contributed by atoms with Gasteiger partial charge in [-0.1, -0.05) is 129 Å². The van der Waals surface area contributed by atoms with Crippen LogP contribution in [0, 0.1) is 0 Å². The molecule has 0 unspecified atom stereocenters. The summed E-state index contributed by atoms with van der Waals surface area (Å²) < 4.78 is 19.3. The van der Waals surface area contributed by atoms with E-state index in [4.69, 9.17) is 28.2 Å². The third-order valence-electron chi connectivity index (χ3n) is 12.6. The van der Waals surface area contributed by atoms with Crippen LogP contribution in [0.1, 0.15) is 25.0 Å². The molecule has 0 saturated heterocycles. The molecule has 0 aliphatic heterocycles. The highest BCUT2D eigenvalue weighted by atomic mass is 16.3. The maximum Gasteiger partial charge on any atom is 0.164 e. The fraction of sp³-hybridized carbons (Fsp3) is 0.0556. The Balaban J connectivity index is 1.05. The van der Waals surface area contributed by atoms with Crippen LogP contribution in [0.5, 0.6) is 0 Å². The van der Waals surface area contributed by atoms with E-state index in [-0.39, 0.29) is 5.41 Å². The van der Waals surface area contributed by atoms with E-state index in [1.807, 2.05) is 66.7 Å². The number of hydrogen-bond acceptors (Lipinski definition) is 6. The van der Waals surface area contributed by atoms with Crippen molar-refractivity contribution in [1.29, 1.82) is 0 Å². The van der Waals surface area contributed by atoms with Crippen molar-refractivity contribution in [2.24, 2.45) is 0 Å². The summed E-state index contributed by atoms with van der Waals surface area (Å²) in [5.41, 5.74) is 14.8. The van der Waals surface area contributed by atoms with Crippen LogP contribution >= 0.6 is 0 Å². The average molecular weight is 772 g/mol. The van der Waals surface area contributed by atoms with Crippen LogP contribution in [0.3, 0.4) is 0 Å². The second kappa shape index (κ2) is 12.1. The summed E-state index contributed by atoms with van der Waals surface area (Å²) in [5.74, 6) is 1.62. The normalized spacial score (nSPS) is 13.3. The first kappa shape index (κ1) is 33.2. The minimum Gasteiger partial charge on any atom is -0.456 e. The molecular formula is C54H33N3O3. The molecule has 0 saturated carbocycles. The van der Waals surface area contributed by atoms with Crippen LogP contribution in [0.2, 0.25) is 0 Å². The Hall–Kier alpha value is -7.83. The SMILES string of the molecule is CC1(C)c2ccccc2-c2c(-c3ccc4oc5cccc(-c6nc(-c7ccc8c(c7)oc7ccccc78)nc(-c7cccc8oc9ccccc9c78)n6)c5c4c3)cccc21. The molecule has 8 aromatic carbocycles. The highest BCUT2D eigenvalue weighted by Crippen LogP contribution is 2.52. The van der Waals surface area contributed by atoms with E-state index >= 15 is 0 Å². The molecule has 13 rings (SSSR count). The van der Waals surface area contributed by atoms with Gasteiger partial charge in [-0.25, -0.2) is 15.0 Å². The van der Waals surface area contributed by atoms with Crippen molar-refractivity contribution >= 4 is 65.8 Å². The number of hydrogen-bond donors (Lipinski definition) is 0. The Bertz CT molecular complexity index is 3770. The summed E-state index contributed by atoms with van der Waals surface area (Å²) >= 11 is 0. The molecule has 0 amide bonds. The van der Waals surface area contributed by atoms with Crippen molar-refractivity contribution in [3.05, 3.63) is 175 Å². The molecular weight excluding hydrogens is 739 g/mol. The zero-order valence-electron chi connectivity index (χ0n) is 32.7. The van der Waals surface area contributed by atoms with Crippen LogP contribution in [0.15, 0.2) is 177 Å². The topological polar surface area (TPSA) is 78.1 Å². The lowest BCUT2D eigenvalue weighted by atomic mass is 9.82. The van der Waals surface area contributed by atoms with Gasteiger partial charge in [0.15, 0.2) is 17.5 Å². The van der Waals surface area contributed by atoms with E-state index in [2.05, 4.69) is 111 Å². The first-order valence-electron chi connectivity index (χ1n) is 20.3. The summed E-state index contributed by atoms with van der Waals surface area (Å²) in [6, 6.07) is 56.6. The van der Waals surface area contributed by atoms with E-state index in [1.54, 1.807) is 0 Å². The molecule has 4 heterocycles. The molecule has 0 spiro atoms. The third kappa shape index (κ3) is 4.67. The number of furan rings is 3. The summed E-state index contributed by atoms with van der Waals surface area (Å²) in [6.45, 7) is 4.64. The highest BCUT2D eigenvalue weighted by Gasteiger charge is 2.36. The lowest BCUT2D eigenvalue weighted by Crippen LogP contribution is -2.14. The number of aromatic nitrogens is 3. The molecule has 6 heteroatoms. The van der Waals surface area contributed by atoms with Gasteiger partial charge in [-0.15, -0.1) is 0 Å². The minimum absolute atomic E-state index is 0.0995. The van der Waals surface area contributed by atoms with Gasteiger partial charge in [0.25, 0.3) is 0 Å². The Morgan fingerprint density at radius 1 is 0.350 bits per heavy atom. The molecule has 1 aliphatic rings. The molecule has 0 atom stereocenters. The van der Waals surface area contributed by atoms with E-state index < -0.39 is 0 Å². The van der Waals surface area contributed by atoms with Crippen molar-refractivity contribution in [2.45, 2.75) is 19.3 Å². The van der Waals surface area contributed by atoms with E-state index in [1.165, 1.54) is 27.8 Å². The smallest absolute Gasteiger partial charge is 0.164 e. The standard InChI is InChI=1S/C54H33N3O3/c1-54(2)40-18-6-3-13-35(40)48-32(15-9-19-41(48)54)30-25-27-44-39(28-30)50-38(17-11-23-46(50)59-44)53-56-51(31-24-26-34-33-12-4-7-20-42(33)60-47(34)29-31)55-52(57-53)37-16-10-22-45-49(37)36-14-5-8-21-43(36)58-45/h3-29H,1-2H3. The Kier molecular flexibility index (Phi) is 6.69. The van der Waals surface area contributed by atoms with Gasteiger partial charge in [-0.2, -0.15) is 0 Å². The molecule has 1 aliphatic carbocycles. The number of nitrogens with zero attached hydrogens (tertiary/aromatic N) is 3. The molecule has 0 fully saturated rings. The van der Waals surface area contributed by atoms with Crippen LogP contribution in [0.25, 0.3) is 122 Å². The highest BCUT2D eigenvalue weighted by molar-refractivity contribution is 6.14. The Morgan fingerprint density at radius 3 is 1.65 bits per heavy atom. The number of para-hydroxylation sites is 2. The minimum atomic E-state index is -0.0995. The maximum absolute atomic E-state index is 6.59.